The molecule has 0 aliphatic carbocycles. The van der Waals surface area contributed by atoms with Gasteiger partial charge in [0.05, 0.1) is 22.9 Å². The molecule has 2 amide bonds. The molecule has 0 atom stereocenters. The maximum Gasteiger partial charge on any atom is 0.306 e. The van der Waals surface area contributed by atoms with Crippen LogP contribution in [0.1, 0.15) is 22.3 Å². The lowest BCUT2D eigenvalue weighted by molar-refractivity contribution is -0.384. The molecule has 32 heavy (non-hydrogen) atoms. The summed E-state index contributed by atoms with van der Waals surface area (Å²) in [5.41, 5.74) is 2.73. The summed E-state index contributed by atoms with van der Waals surface area (Å²) in [7, 11) is 0. The molecule has 10 nitrogen and oxygen atoms in total. The Morgan fingerprint density at radius 3 is 2.72 bits per heavy atom. The number of carbonyl (C=O) groups is 3. The number of thioether (sulfide) groups is 1. The molecule has 2 aromatic rings. The van der Waals surface area contributed by atoms with Gasteiger partial charge in [-0.1, -0.05) is 30.0 Å². The standard InChI is InChI=1S/C20H15N3O7S2/c24-17(25)7-8-30-15-6-1-3-12(9-15)10-16-19(27)22(20(31)32-16)21-18(26)13-4-2-5-14(11-13)23(28)29/h1-6,9-11H,7-8H2,(H,21,26)(H,24,25)/b16-10+. The molecular formula is C20H15N3O7S2. The number of carboxylic acids is 1. The molecule has 164 valence electrons. The first-order valence-corrected chi connectivity index (χ1v) is 10.2. The number of carboxylic acid groups (broad SMARTS) is 1. The number of aliphatic carboxylic acids is 1. The van der Waals surface area contributed by atoms with Crippen molar-refractivity contribution in [2.75, 3.05) is 6.61 Å². The van der Waals surface area contributed by atoms with Gasteiger partial charge in [-0.2, -0.15) is 5.01 Å². The first-order chi connectivity index (χ1) is 15.2. The average molecular weight is 473 g/mol. The van der Waals surface area contributed by atoms with Crippen LogP contribution >= 0.6 is 24.0 Å². The highest BCUT2D eigenvalue weighted by Gasteiger charge is 2.34. The van der Waals surface area contributed by atoms with Crippen LogP contribution in [0.4, 0.5) is 5.69 Å². The Morgan fingerprint density at radius 1 is 1.25 bits per heavy atom. The number of nitrogens with zero attached hydrogens (tertiary/aromatic N) is 2. The number of hydrogen-bond acceptors (Lipinski definition) is 8. The first-order valence-electron chi connectivity index (χ1n) is 9.02. The molecular weight excluding hydrogens is 458 g/mol. The molecule has 3 rings (SSSR count). The van der Waals surface area contributed by atoms with E-state index in [-0.39, 0.29) is 33.5 Å². The van der Waals surface area contributed by atoms with Crippen molar-refractivity contribution in [2.24, 2.45) is 0 Å². The van der Waals surface area contributed by atoms with E-state index in [0.29, 0.717) is 11.3 Å². The molecule has 0 radical (unpaired) electrons. The molecule has 0 saturated carbocycles. The van der Waals surface area contributed by atoms with Gasteiger partial charge in [0.25, 0.3) is 17.5 Å². The summed E-state index contributed by atoms with van der Waals surface area (Å²) >= 11 is 6.15. The van der Waals surface area contributed by atoms with Crippen LogP contribution in [0.25, 0.3) is 6.08 Å². The zero-order valence-electron chi connectivity index (χ0n) is 16.2. The maximum absolute atomic E-state index is 12.7. The number of thiocarbonyl (C=S) groups is 1. The van der Waals surface area contributed by atoms with Crippen molar-refractivity contribution in [1.29, 1.82) is 0 Å². The minimum absolute atomic E-state index is 0.00319. The number of rotatable bonds is 8. The topological polar surface area (TPSA) is 139 Å². The quantitative estimate of drug-likeness (QED) is 0.256. The molecule has 1 saturated heterocycles. The van der Waals surface area contributed by atoms with Crippen LogP contribution in [-0.2, 0) is 9.59 Å². The summed E-state index contributed by atoms with van der Waals surface area (Å²) in [6.07, 6.45) is 1.41. The van der Waals surface area contributed by atoms with Gasteiger partial charge in [0.15, 0.2) is 4.32 Å². The minimum Gasteiger partial charge on any atom is -0.493 e. The molecule has 0 unspecified atom stereocenters. The van der Waals surface area contributed by atoms with Crippen LogP contribution in [-0.4, -0.2) is 43.7 Å². The van der Waals surface area contributed by atoms with E-state index in [2.05, 4.69) is 5.43 Å². The molecule has 0 spiro atoms. The number of nitrogens with one attached hydrogen (secondary N) is 1. The van der Waals surface area contributed by atoms with E-state index in [0.717, 1.165) is 22.8 Å². The average Bonchev–Trinajstić information content (AvgIpc) is 3.01. The van der Waals surface area contributed by atoms with Gasteiger partial charge in [-0.3, -0.25) is 29.9 Å². The van der Waals surface area contributed by atoms with Gasteiger partial charge in [-0.05, 0) is 42.1 Å². The number of nitro groups is 1. The van der Waals surface area contributed by atoms with E-state index < -0.39 is 22.7 Å². The number of non-ortho nitro benzene ring substituents is 1. The summed E-state index contributed by atoms with van der Waals surface area (Å²) in [5, 5.41) is 20.5. The second-order valence-electron chi connectivity index (χ2n) is 6.33. The van der Waals surface area contributed by atoms with Gasteiger partial charge in [-0.15, -0.1) is 0 Å². The fraction of sp³-hybridized carbons (Fsp3) is 0.100. The van der Waals surface area contributed by atoms with E-state index in [1.807, 2.05) is 0 Å². The smallest absolute Gasteiger partial charge is 0.306 e. The molecule has 2 N–H and O–H groups in total. The van der Waals surface area contributed by atoms with Crippen molar-refractivity contribution in [3.63, 3.8) is 0 Å². The number of ether oxygens (including phenoxy) is 1. The summed E-state index contributed by atoms with van der Waals surface area (Å²) in [5.74, 6) is -1.82. The number of hydrogen-bond donors (Lipinski definition) is 2. The number of nitro benzene ring substituents is 1. The van der Waals surface area contributed by atoms with Crippen molar-refractivity contribution < 1.29 is 29.2 Å². The third-order valence-corrected chi connectivity index (χ3v) is 5.37. The van der Waals surface area contributed by atoms with Gasteiger partial charge >= 0.3 is 5.97 Å². The number of amides is 2. The molecule has 1 heterocycles. The van der Waals surface area contributed by atoms with Crippen LogP contribution in [0.3, 0.4) is 0 Å². The van der Waals surface area contributed by atoms with E-state index in [9.17, 15) is 24.5 Å². The van der Waals surface area contributed by atoms with Crippen molar-refractivity contribution >= 4 is 57.8 Å². The number of hydrazine groups is 1. The molecule has 1 aliphatic rings. The van der Waals surface area contributed by atoms with Crippen LogP contribution in [0.2, 0.25) is 0 Å². The van der Waals surface area contributed by atoms with Gasteiger partial charge < -0.3 is 9.84 Å². The van der Waals surface area contributed by atoms with Crippen LogP contribution in [0.15, 0.2) is 53.4 Å². The Balaban J connectivity index is 1.71. The minimum atomic E-state index is -0.975. The molecule has 0 bridgehead atoms. The Hall–Kier alpha value is -3.77. The van der Waals surface area contributed by atoms with Gasteiger partial charge in [0.1, 0.15) is 5.75 Å². The summed E-state index contributed by atoms with van der Waals surface area (Å²) in [4.78, 5) is 46.3. The molecule has 1 aliphatic heterocycles. The van der Waals surface area contributed by atoms with Crippen molar-refractivity contribution in [3.05, 3.63) is 74.7 Å². The van der Waals surface area contributed by atoms with Crippen molar-refractivity contribution in [3.8, 4) is 5.75 Å². The van der Waals surface area contributed by atoms with Crippen LogP contribution in [0.5, 0.6) is 5.75 Å². The molecule has 12 heteroatoms. The Kier molecular flexibility index (Phi) is 7.18. The van der Waals surface area contributed by atoms with Gasteiger partial charge in [0, 0.05) is 17.7 Å². The van der Waals surface area contributed by atoms with Gasteiger partial charge in [-0.25, -0.2) is 0 Å². The monoisotopic (exact) mass is 473 g/mol. The molecule has 0 aromatic heterocycles. The predicted molar refractivity (Wildman–Crippen MR) is 120 cm³/mol. The van der Waals surface area contributed by atoms with E-state index in [1.54, 1.807) is 30.3 Å². The number of carbonyl (C=O) groups excluding carboxylic acids is 2. The Labute approximate surface area is 191 Å². The van der Waals surface area contributed by atoms with Crippen LogP contribution in [0, 0.1) is 10.1 Å². The zero-order chi connectivity index (χ0) is 23.3. The highest BCUT2D eigenvalue weighted by atomic mass is 32.2. The lowest BCUT2D eigenvalue weighted by Gasteiger charge is -2.15. The van der Waals surface area contributed by atoms with Crippen molar-refractivity contribution in [2.45, 2.75) is 6.42 Å². The largest absolute Gasteiger partial charge is 0.493 e. The SMILES string of the molecule is O=C(O)CCOc1cccc(/C=C2/SC(=S)N(NC(=O)c3cccc([N+](=O)[O-])c3)C2=O)c1. The second-order valence-corrected chi connectivity index (χ2v) is 8.01. The fourth-order valence-electron chi connectivity index (χ4n) is 2.59. The lowest BCUT2D eigenvalue weighted by Crippen LogP contribution is -2.44. The Bertz CT molecular complexity index is 1150. The van der Waals surface area contributed by atoms with E-state index >= 15 is 0 Å². The summed E-state index contributed by atoms with van der Waals surface area (Å²) in [6, 6.07) is 11.8. The fourth-order valence-corrected chi connectivity index (χ4v) is 3.77. The highest BCUT2D eigenvalue weighted by molar-refractivity contribution is 8.26. The maximum atomic E-state index is 12.7. The highest BCUT2D eigenvalue weighted by Crippen LogP contribution is 2.32. The zero-order valence-corrected chi connectivity index (χ0v) is 17.9. The lowest BCUT2D eigenvalue weighted by atomic mass is 10.2. The Morgan fingerprint density at radius 2 is 2.00 bits per heavy atom. The molecule has 2 aromatic carbocycles. The van der Waals surface area contributed by atoms with E-state index in [1.165, 1.54) is 18.2 Å². The summed E-state index contributed by atoms with van der Waals surface area (Å²) in [6.45, 7) is 0.00455. The number of benzene rings is 2. The second kappa shape index (κ2) is 10.0. The van der Waals surface area contributed by atoms with Gasteiger partial charge in [0.2, 0.25) is 0 Å². The van der Waals surface area contributed by atoms with E-state index in [4.69, 9.17) is 22.1 Å². The van der Waals surface area contributed by atoms with Crippen LogP contribution < -0.4 is 10.2 Å². The third-order valence-electron chi connectivity index (χ3n) is 4.07. The summed E-state index contributed by atoms with van der Waals surface area (Å²) < 4.78 is 5.47. The third kappa shape index (κ3) is 5.68. The molecule has 1 fully saturated rings. The normalized spacial score (nSPS) is 14.5. The predicted octanol–water partition coefficient (Wildman–Crippen LogP) is 2.99. The van der Waals surface area contributed by atoms with Crippen molar-refractivity contribution in [1.82, 2.24) is 10.4 Å². The first kappa shape index (κ1) is 22.9.